The first kappa shape index (κ1) is 17.6. The van der Waals surface area contributed by atoms with Gasteiger partial charge in [0, 0.05) is 16.7 Å². The molecule has 0 atom stereocenters. The van der Waals surface area contributed by atoms with Crippen LogP contribution in [0.1, 0.15) is 23.1 Å². The first-order chi connectivity index (χ1) is 13.6. The van der Waals surface area contributed by atoms with Gasteiger partial charge in [-0.1, -0.05) is 35.5 Å². The summed E-state index contributed by atoms with van der Waals surface area (Å²) in [7, 11) is 1.62. The van der Waals surface area contributed by atoms with Crippen molar-refractivity contribution in [3.63, 3.8) is 0 Å². The van der Waals surface area contributed by atoms with Crippen molar-refractivity contribution in [2.45, 2.75) is 12.8 Å². The highest BCUT2D eigenvalue weighted by Gasteiger charge is 2.23. The second-order valence-electron chi connectivity index (χ2n) is 6.39. The minimum atomic E-state index is 0.0960. The molecule has 5 N–H and O–H groups in total. The number of nitrogens with two attached hydrogens (primary N) is 2. The zero-order chi connectivity index (χ0) is 19.7. The molecule has 0 amide bonds. The Hall–Kier alpha value is -3.81. The van der Waals surface area contributed by atoms with Gasteiger partial charge < -0.3 is 21.4 Å². The number of oxime groups is 1. The number of amidine groups is 1. The number of hydrogen-bond acceptors (Lipinski definition) is 6. The van der Waals surface area contributed by atoms with Gasteiger partial charge in [-0.3, -0.25) is 0 Å². The molecule has 2 aromatic carbocycles. The molecule has 0 bridgehead atoms. The molecule has 4 rings (SSSR count). The minimum Gasteiger partial charge on any atom is -0.496 e. The van der Waals surface area contributed by atoms with Crippen molar-refractivity contribution in [3.05, 3.63) is 65.4 Å². The first-order valence-electron chi connectivity index (χ1n) is 8.78. The molecule has 0 spiro atoms. The van der Waals surface area contributed by atoms with Gasteiger partial charge in [0.1, 0.15) is 5.75 Å². The molecular formula is C20H20N6O2. The van der Waals surface area contributed by atoms with Gasteiger partial charge in [-0.05, 0) is 30.5 Å². The Bertz CT molecular complexity index is 1100. The summed E-state index contributed by atoms with van der Waals surface area (Å²) in [6.07, 6.45) is 3.27. The largest absolute Gasteiger partial charge is 0.496 e. The number of aromatic nitrogens is 2. The molecule has 0 fully saturated rings. The molecule has 0 saturated carbocycles. The Kier molecular flexibility index (Phi) is 4.44. The van der Waals surface area contributed by atoms with Crippen LogP contribution < -0.4 is 16.2 Å². The van der Waals surface area contributed by atoms with Gasteiger partial charge in [0.25, 0.3) is 0 Å². The normalized spacial score (nSPS) is 15.0. The van der Waals surface area contributed by atoms with E-state index in [1.807, 2.05) is 42.5 Å². The highest BCUT2D eigenvalue weighted by Crippen LogP contribution is 2.30. The molecule has 28 heavy (non-hydrogen) atoms. The molecule has 0 saturated heterocycles. The Morgan fingerprint density at radius 3 is 2.71 bits per heavy atom. The van der Waals surface area contributed by atoms with Crippen LogP contribution in [0.5, 0.6) is 5.75 Å². The maximum Gasteiger partial charge on any atom is 0.221 e. The van der Waals surface area contributed by atoms with Crippen molar-refractivity contribution < 1.29 is 9.94 Å². The topological polar surface area (TPSA) is 124 Å². The molecule has 0 aliphatic heterocycles. The highest BCUT2D eigenvalue weighted by atomic mass is 16.5. The van der Waals surface area contributed by atoms with E-state index < -0.39 is 0 Å². The number of fused-ring (bicyclic) bond motifs is 1. The number of rotatable bonds is 4. The number of hydrogen-bond donors (Lipinski definition) is 3. The zero-order valence-corrected chi connectivity index (χ0v) is 15.3. The molecule has 142 valence electrons. The Labute approximate surface area is 161 Å². The lowest BCUT2D eigenvalue weighted by Gasteiger charge is -2.06. The van der Waals surface area contributed by atoms with E-state index in [0.717, 1.165) is 46.6 Å². The molecule has 0 unspecified atom stereocenters. The van der Waals surface area contributed by atoms with E-state index >= 15 is 0 Å². The quantitative estimate of drug-likeness (QED) is 0.279. The van der Waals surface area contributed by atoms with E-state index in [4.69, 9.17) is 21.4 Å². The highest BCUT2D eigenvalue weighted by molar-refractivity contribution is 6.09. The van der Waals surface area contributed by atoms with Crippen LogP contribution in [0.2, 0.25) is 0 Å². The third-order valence-corrected chi connectivity index (χ3v) is 4.81. The summed E-state index contributed by atoms with van der Waals surface area (Å²) in [5.41, 5.74) is 17.0. The van der Waals surface area contributed by atoms with Gasteiger partial charge in [-0.25, -0.2) is 9.66 Å². The average molecular weight is 376 g/mol. The summed E-state index contributed by atoms with van der Waals surface area (Å²) in [5.74, 6) is 1.10. The van der Waals surface area contributed by atoms with Gasteiger partial charge in [0.15, 0.2) is 5.84 Å². The number of benzene rings is 2. The predicted octanol–water partition coefficient (Wildman–Crippen LogP) is 2.43. The second kappa shape index (κ2) is 7.07. The van der Waals surface area contributed by atoms with Gasteiger partial charge >= 0.3 is 0 Å². The average Bonchev–Trinajstić information content (AvgIpc) is 3.31. The van der Waals surface area contributed by atoms with Crippen LogP contribution in [0.25, 0.3) is 11.3 Å². The Morgan fingerprint density at radius 1 is 1.14 bits per heavy atom. The summed E-state index contributed by atoms with van der Waals surface area (Å²) in [4.78, 5) is 4.43. The molecule has 0 radical (unpaired) electrons. The second-order valence-corrected chi connectivity index (χ2v) is 6.39. The maximum atomic E-state index is 9.00. The van der Waals surface area contributed by atoms with Crippen molar-refractivity contribution in [1.82, 2.24) is 9.66 Å². The van der Waals surface area contributed by atoms with Gasteiger partial charge in [-0.15, -0.1) is 0 Å². The number of methoxy groups -OCH3 is 1. The zero-order valence-electron chi connectivity index (χ0n) is 15.3. The number of para-hydroxylation sites is 1. The van der Waals surface area contributed by atoms with Crippen LogP contribution in [0.3, 0.4) is 0 Å². The number of nitrogens with zero attached hydrogens (tertiary/aromatic N) is 4. The third kappa shape index (κ3) is 2.94. The fourth-order valence-electron chi connectivity index (χ4n) is 3.48. The van der Waals surface area contributed by atoms with E-state index in [0.29, 0.717) is 5.69 Å². The first-order valence-corrected chi connectivity index (χ1v) is 8.78. The van der Waals surface area contributed by atoms with Crippen molar-refractivity contribution in [1.29, 1.82) is 0 Å². The number of ether oxygens (including phenoxy) is 1. The number of imidazole rings is 1. The predicted molar refractivity (Wildman–Crippen MR) is 108 cm³/mol. The van der Waals surface area contributed by atoms with Crippen LogP contribution in [-0.2, 0) is 6.42 Å². The van der Waals surface area contributed by atoms with Crippen molar-refractivity contribution in [3.8, 4) is 17.0 Å². The molecular weight excluding hydrogens is 356 g/mol. The van der Waals surface area contributed by atoms with E-state index in [9.17, 15) is 0 Å². The fourth-order valence-corrected chi connectivity index (χ4v) is 3.48. The van der Waals surface area contributed by atoms with E-state index in [1.165, 1.54) is 0 Å². The smallest absolute Gasteiger partial charge is 0.221 e. The van der Waals surface area contributed by atoms with Gasteiger partial charge in [0.2, 0.25) is 5.95 Å². The van der Waals surface area contributed by atoms with Crippen molar-refractivity contribution >= 4 is 17.5 Å². The summed E-state index contributed by atoms with van der Waals surface area (Å²) in [5, 5.41) is 16.8. The van der Waals surface area contributed by atoms with Crippen LogP contribution in [-0.4, -0.2) is 33.5 Å². The number of anilines is 1. The van der Waals surface area contributed by atoms with Crippen LogP contribution >= 0.6 is 0 Å². The van der Waals surface area contributed by atoms with E-state index in [1.54, 1.807) is 18.0 Å². The molecule has 3 aromatic rings. The maximum absolute atomic E-state index is 9.00. The fraction of sp³-hybridized carbons (Fsp3) is 0.150. The summed E-state index contributed by atoms with van der Waals surface area (Å²) in [6.45, 7) is 0. The SMILES string of the molecule is COc1ccccc1-c1cn(/N=C2\CCc3c(C(N)=NO)cccc32)c(N)n1. The van der Waals surface area contributed by atoms with Crippen LogP contribution in [0.15, 0.2) is 58.9 Å². The monoisotopic (exact) mass is 376 g/mol. The lowest BCUT2D eigenvalue weighted by atomic mass is 10.0. The van der Waals surface area contributed by atoms with Gasteiger partial charge in [-0.2, -0.15) is 5.10 Å². The Morgan fingerprint density at radius 2 is 1.93 bits per heavy atom. The minimum absolute atomic E-state index is 0.0960. The number of nitrogen functional groups attached to an aromatic ring is 1. The summed E-state index contributed by atoms with van der Waals surface area (Å²) < 4.78 is 6.98. The lowest BCUT2D eigenvalue weighted by Crippen LogP contribution is -2.15. The lowest BCUT2D eigenvalue weighted by molar-refractivity contribution is 0.318. The summed E-state index contributed by atoms with van der Waals surface area (Å²) in [6, 6.07) is 13.3. The van der Waals surface area contributed by atoms with Crippen LogP contribution in [0.4, 0.5) is 5.95 Å². The Balaban J connectivity index is 1.74. The molecule has 1 heterocycles. The van der Waals surface area contributed by atoms with Crippen LogP contribution in [0, 0.1) is 0 Å². The van der Waals surface area contributed by atoms with Crippen molar-refractivity contribution in [2.24, 2.45) is 16.0 Å². The standard InChI is InChI=1S/C20H20N6O2/c1-28-18-8-3-2-5-15(18)17-11-26(20(22)23-17)24-16-10-9-12-13(16)6-4-7-14(12)19(21)25-27/h2-8,11,27H,9-10H2,1H3,(H2,21,25)(H2,22,23)/b24-16+. The molecule has 8 heteroatoms. The van der Waals surface area contributed by atoms with Crippen molar-refractivity contribution in [2.75, 3.05) is 12.8 Å². The van der Waals surface area contributed by atoms with E-state index in [-0.39, 0.29) is 11.8 Å². The molecule has 8 nitrogen and oxygen atoms in total. The summed E-state index contributed by atoms with van der Waals surface area (Å²) >= 11 is 0. The molecule has 1 aliphatic carbocycles. The van der Waals surface area contributed by atoms with Gasteiger partial charge in [0.05, 0.1) is 24.7 Å². The molecule has 1 aromatic heterocycles. The van der Waals surface area contributed by atoms with E-state index in [2.05, 4.69) is 15.2 Å². The molecule has 1 aliphatic rings. The third-order valence-electron chi connectivity index (χ3n) is 4.81.